The van der Waals surface area contributed by atoms with Crippen LogP contribution in [0, 0.1) is 0 Å². The van der Waals surface area contributed by atoms with Crippen molar-refractivity contribution < 1.29 is 19.0 Å². The maximum Gasteiger partial charge on any atom is 0.338 e. The summed E-state index contributed by atoms with van der Waals surface area (Å²) in [6, 6.07) is 38.2. The molecule has 0 radical (unpaired) electrons. The molecule has 0 spiro atoms. The summed E-state index contributed by atoms with van der Waals surface area (Å²) in [6.45, 7) is 2.35. The maximum absolute atomic E-state index is 14.3. The lowest BCUT2D eigenvalue weighted by molar-refractivity contribution is -0.138. The van der Waals surface area contributed by atoms with Gasteiger partial charge in [0, 0.05) is 5.56 Å². The maximum atomic E-state index is 14.3. The summed E-state index contributed by atoms with van der Waals surface area (Å²) in [6.07, 6.45) is 1.84. The Morgan fingerprint density at radius 3 is 2.46 bits per heavy atom. The highest BCUT2D eigenvalue weighted by atomic mass is 32.1. The molecule has 8 heteroatoms. The second kappa shape index (κ2) is 13.6. The smallest absolute Gasteiger partial charge is 0.338 e. The molecule has 48 heavy (non-hydrogen) atoms. The molecule has 5 aromatic carbocycles. The van der Waals surface area contributed by atoms with Crippen LogP contribution in [0.5, 0.6) is 11.5 Å². The van der Waals surface area contributed by atoms with Gasteiger partial charge in [-0.05, 0) is 64.7 Å². The zero-order chi connectivity index (χ0) is 33.0. The minimum absolute atomic E-state index is 0.179. The van der Waals surface area contributed by atoms with Gasteiger partial charge in [-0.3, -0.25) is 9.36 Å². The number of fused-ring (bicyclic) bond motifs is 2. The average molecular weight is 653 g/mol. The number of carbonyl (C=O) groups excluding carboxylic acids is 1. The molecule has 2 heterocycles. The largest absolute Gasteiger partial charge is 0.497 e. The Morgan fingerprint density at radius 2 is 1.62 bits per heavy atom. The summed E-state index contributed by atoms with van der Waals surface area (Å²) < 4.78 is 19.4. The van der Waals surface area contributed by atoms with E-state index in [0.717, 1.165) is 27.5 Å². The van der Waals surface area contributed by atoms with Crippen molar-refractivity contribution in [3.8, 4) is 11.5 Å². The predicted octanol–water partition coefficient (Wildman–Crippen LogP) is 6.68. The molecule has 1 aliphatic heterocycles. The number of hydrogen-bond acceptors (Lipinski definition) is 7. The molecule has 0 amide bonds. The number of benzene rings is 5. The third-order valence-corrected chi connectivity index (χ3v) is 9.20. The van der Waals surface area contributed by atoms with Crippen LogP contribution in [-0.4, -0.2) is 24.3 Å². The molecule has 0 saturated heterocycles. The quantitative estimate of drug-likeness (QED) is 0.163. The number of hydrogen-bond donors (Lipinski definition) is 0. The predicted molar refractivity (Wildman–Crippen MR) is 189 cm³/mol. The standard InChI is InChI=1S/C40H32N2O5S/c1-3-46-39(44)35-36(28-14-5-4-6-15-28)41-40-42(37(35)29-17-11-19-31(24-29)45-2)38(43)34(48-40)23-26-12-9-20-32(22-26)47-25-30-18-10-16-27-13-7-8-21-33(27)30/h4-24,37H,3,25H2,1-2H3/b34-23-/t37-/m0/s1. The van der Waals surface area contributed by atoms with E-state index in [4.69, 9.17) is 19.2 Å². The van der Waals surface area contributed by atoms with Crippen LogP contribution in [0.15, 0.2) is 137 Å². The molecule has 0 N–H and O–H groups in total. The van der Waals surface area contributed by atoms with Crippen LogP contribution in [0.1, 0.15) is 35.2 Å². The van der Waals surface area contributed by atoms with Crippen LogP contribution in [0.4, 0.5) is 0 Å². The minimum atomic E-state index is -0.789. The van der Waals surface area contributed by atoms with Gasteiger partial charge in [0.2, 0.25) is 0 Å². The number of esters is 1. The highest BCUT2D eigenvalue weighted by molar-refractivity contribution is 7.07. The van der Waals surface area contributed by atoms with Crippen molar-refractivity contribution in [2.45, 2.75) is 19.6 Å². The summed E-state index contributed by atoms with van der Waals surface area (Å²) in [5, 5.41) is 2.32. The zero-order valence-electron chi connectivity index (χ0n) is 26.5. The zero-order valence-corrected chi connectivity index (χ0v) is 27.3. The molecule has 7 rings (SSSR count). The van der Waals surface area contributed by atoms with E-state index in [-0.39, 0.29) is 12.2 Å². The van der Waals surface area contributed by atoms with Crippen molar-refractivity contribution in [3.05, 3.63) is 169 Å². The lowest BCUT2D eigenvalue weighted by atomic mass is 9.93. The lowest BCUT2D eigenvalue weighted by Gasteiger charge is -2.26. The van der Waals surface area contributed by atoms with E-state index >= 15 is 0 Å². The molecule has 0 unspecified atom stereocenters. The number of carbonyl (C=O) groups is 1. The first-order chi connectivity index (χ1) is 23.5. The number of rotatable bonds is 9. The van der Waals surface area contributed by atoms with Crippen molar-refractivity contribution in [3.63, 3.8) is 0 Å². The van der Waals surface area contributed by atoms with Crippen molar-refractivity contribution in [2.24, 2.45) is 4.99 Å². The first kappa shape index (κ1) is 30.9. The van der Waals surface area contributed by atoms with Crippen molar-refractivity contribution >= 4 is 39.9 Å². The highest BCUT2D eigenvalue weighted by Crippen LogP contribution is 2.36. The summed E-state index contributed by atoms with van der Waals surface area (Å²) in [5.41, 5.74) is 3.86. The van der Waals surface area contributed by atoms with Gasteiger partial charge in [-0.25, -0.2) is 9.79 Å². The number of nitrogens with zero attached hydrogens (tertiary/aromatic N) is 2. The molecule has 0 fully saturated rings. The summed E-state index contributed by atoms with van der Waals surface area (Å²) >= 11 is 1.28. The van der Waals surface area contributed by atoms with E-state index in [0.29, 0.717) is 44.3 Å². The van der Waals surface area contributed by atoms with Crippen LogP contribution >= 0.6 is 11.3 Å². The normalized spacial score (nSPS) is 14.4. The van der Waals surface area contributed by atoms with Gasteiger partial charge < -0.3 is 14.2 Å². The van der Waals surface area contributed by atoms with E-state index in [1.165, 1.54) is 11.3 Å². The monoisotopic (exact) mass is 652 g/mol. The van der Waals surface area contributed by atoms with Crippen LogP contribution in [-0.2, 0) is 16.1 Å². The van der Waals surface area contributed by atoms with E-state index in [2.05, 4.69) is 24.3 Å². The fourth-order valence-corrected chi connectivity index (χ4v) is 6.99. The Bertz CT molecular complexity index is 2350. The molecule has 1 aromatic heterocycles. The van der Waals surface area contributed by atoms with Gasteiger partial charge in [-0.2, -0.15) is 0 Å². The van der Waals surface area contributed by atoms with Crippen LogP contribution in [0.25, 0.3) is 22.5 Å². The van der Waals surface area contributed by atoms with E-state index in [9.17, 15) is 9.59 Å². The van der Waals surface area contributed by atoms with Gasteiger partial charge in [0.1, 0.15) is 18.1 Å². The molecule has 0 bridgehead atoms. The second-order valence-corrected chi connectivity index (χ2v) is 12.2. The molecular formula is C40H32N2O5S. The van der Waals surface area contributed by atoms with Gasteiger partial charge in [0.25, 0.3) is 5.56 Å². The lowest BCUT2D eigenvalue weighted by Crippen LogP contribution is -2.40. The summed E-state index contributed by atoms with van der Waals surface area (Å²) in [7, 11) is 1.59. The molecule has 6 aromatic rings. The van der Waals surface area contributed by atoms with Gasteiger partial charge in [0.15, 0.2) is 4.80 Å². The SMILES string of the molecule is CCOC(=O)C1=C(c2ccccc2)N=c2s/c(=C\c3cccc(OCc4cccc5ccccc45)c3)c(=O)n2[C@H]1c1cccc(OC)c1. The van der Waals surface area contributed by atoms with Crippen LogP contribution in [0.3, 0.4) is 0 Å². The Balaban J connectivity index is 1.33. The topological polar surface area (TPSA) is 79.1 Å². The van der Waals surface area contributed by atoms with E-state index in [1.54, 1.807) is 18.6 Å². The molecule has 0 aliphatic carbocycles. The van der Waals surface area contributed by atoms with Gasteiger partial charge in [0.05, 0.1) is 35.6 Å². The molecule has 0 saturated carbocycles. The first-order valence-corrected chi connectivity index (χ1v) is 16.5. The average Bonchev–Trinajstić information content (AvgIpc) is 3.44. The van der Waals surface area contributed by atoms with Crippen LogP contribution in [0.2, 0.25) is 0 Å². The van der Waals surface area contributed by atoms with Gasteiger partial charge >= 0.3 is 5.97 Å². The fourth-order valence-electron chi connectivity index (χ4n) is 5.99. The Kier molecular flexibility index (Phi) is 8.72. The number of aromatic nitrogens is 1. The van der Waals surface area contributed by atoms with Crippen molar-refractivity contribution in [1.29, 1.82) is 0 Å². The second-order valence-electron chi connectivity index (χ2n) is 11.2. The van der Waals surface area contributed by atoms with E-state index in [1.807, 2.05) is 103 Å². The van der Waals surface area contributed by atoms with Gasteiger partial charge in [-0.15, -0.1) is 0 Å². The molecule has 1 aliphatic rings. The molecule has 238 valence electrons. The first-order valence-electron chi connectivity index (χ1n) is 15.7. The Hall–Kier alpha value is -5.73. The summed E-state index contributed by atoms with van der Waals surface area (Å²) in [5.74, 6) is 0.768. The van der Waals surface area contributed by atoms with Crippen molar-refractivity contribution in [2.75, 3.05) is 13.7 Å². The molecule has 1 atom stereocenters. The molecular weight excluding hydrogens is 621 g/mol. The third kappa shape index (κ3) is 6.06. The Labute approximate surface area is 281 Å². The highest BCUT2D eigenvalue weighted by Gasteiger charge is 2.35. The fraction of sp³-hybridized carbons (Fsp3) is 0.125. The number of ether oxygens (including phenoxy) is 3. The van der Waals surface area contributed by atoms with Crippen molar-refractivity contribution in [1.82, 2.24) is 4.57 Å². The van der Waals surface area contributed by atoms with Crippen LogP contribution < -0.4 is 24.4 Å². The number of methoxy groups -OCH3 is 1. The minimum Gasteiger partial charge on any atom is -0.497 e. The Morgan fingerprint density at radius 1 is 0.875 bits per heavy atom. The van der Waals surface area contributed by atoms with Gasteiger partial charge in [-0.1, -0.05) is 108 Å². The molecule has 7 nitrogen and oxygen atoms in total. The van der Waals surface area contributed by atoms with E-state index < -0.39 is 12.0 Å². The summed E-state index contributed by atoms with van der Waals surface area (Å²) in [4.78, 5) is 33.4. The third-order valence-electron chi connectivity index (χ3n) is 8.21. The number of thiazole rings is 1.